The van der Waals surface area contributed by atoms with Gasteiger partial charge in [-0.1, -0.05) is 23.8 Å². The molecule has 0 aliphatic rings. The van der Waals surface area contributed by atoms with Crippen LogP contribution in [0, 0.1) is 27.7 Å². The van der Waals surface area contributed by atoms with Crippen LogP contribution >= 0.6 is 0 Å². The van der Waals surface area contributed by atoms with Crippen LogP contribution in [0.1, 0.15) is 61.8 Å². The van der Waals surface area contributed by atoms with E-state index in [1.54, 1.807) is 26.8 Å². The van der Waals surface area contributed by atoms with Crippen molar-refractivity contribution in [2.75, 3.05) is 6.61 Å². The number of esters is 1. The number of aliphatic hydroxyl groups excluding tert-OH is 1. The van der Waals surface area contributed by atoms with Crippen LogP contribution < -0.4 is 0 Å². The number of aromatic amines is 1. The van der Waals surface area contributed by atoms with Crippen molar-refractivity contribution in [2.45, 2.75) is 40.7 Å². The summed E-state index contributed by atoms with van der Waals surface area (Å²) < 4.78 is 5.16. The molecule has 0 aliphatic heterocycles. The monoisotopic (exact) mass is 329 g/mol. The van der Waals surface area contributed by atoms with Gasteiger partial charge in [-0.05, 0) is 45.7 Å². The second-order valence-electron chi connectivity index (χ2n) is 6.16. The molecule has 1 atom stereocenters. The van der Waals surface area contributed by atoms with E-state index in [2.05, 4.69) is 4.98 Å². The normalized spacial score (nSPS) is 12.1. The number of ketones is 1. The van der Waals surface area contributed by atoms with Crippen molar-refractivity contribution < 1.29 is 19.4 Å². The molecule has 2 N–H and O–H groups in total. The van der Waals surface area contributed by atoms with Crippen molar-refractivity contribution in [3.05, 3.63) is 57.4 Å². The summed E-state index contributed by atoms with van der Waals surface area (Å²) in [6.45, 7) is 8.67. The number of aliphatic hydroxyl groups is 1. The number of ether oxygens (including phenoxy) is 1. The van der Waals surface area contributed by atoms with Crippen molar-refractivity contribution in [1.82, 2.24) is 4.98 Å². The molecule has 128 valence electrons. The van der Waals surface area contributed by atoms with E-state index < -0.39 is 12.1 Å². The van der Waals surface area contributed by atoms with E-state index in [-0.39, 0.29) is 18.1 Å². The highest BCUT2D eigenvalue weighted by Crippen LogP contribution is 2.25. The first-order valence-electron chi connectivity index (χ1n) is 7.87. The van der Waals surface area contributed by atoms with Crippen molar-refractivity contribution in [3.63, 3.8) is 0 Å². The Morgan fingerprint density at radius 1 is 1.21 bits per heavy atom. The molecule has 0 saturated carbocycles. The van der Waals surface area contributed by atoms with E-state index in [0.29, 0.717) is 16.7 Å². The summed E-state index contributed by atoms with van der Waals surface area (Å²) in [7, 11) is 0. The lowest BCUT2D eigenvalue weighted by molar-refractivity contribution is 0.0468. The van der Waals surface area contributed by atoms with E-state index in [0.717, 1.165) is 16.8 Å². The van der Waals surface area contributed by atoms with Gasteiger partial charge in [0.05, 0.1) is 6.10 Å². The molecule has 0 saturated heterocycles. The predicted molar refractivity (Wildman–Crippen MR) is 91.4 cm³/mol. The number of aromatic nitrogens is 1. The van der Waals surface area contributed by atoms with E-state index in [1.807, 2.05) is 26.0 Å². The third-order valence-corrected chi connectivity index (χ3v) is 4.13. The molecule has 0 unspecified atom stereocenters. The molecule has 1 heterocycles. The maximum atomic E-state index is 12.3. The number of nitrogens with one attached hydrogen (secondary N) is 1. The Morgan fingerprint density at radius 3 is 2.42 bits per heavy atom. The molecule has 0 bridgehead atoms. The van der Waals surface area contributed by atoms with Crippen LogP contribution in [-0.2, 0) is 4.74 Å². The van der Waals surface area contributed by atoms with Crippen LogP contribution in [0.3, 0.4) is 0 Å². The zero-order chi connectivity index (χ0) is 18.0. The minimum absolute atomic E-state index is 0.238. The molecule has 2 rings (SSSR count). The molecular weight excluding hydrogens is 306 g/mol. The summed E-state index contributed by atoms with van der Waals surface area (Å²) in [4.78, 5) is 27.4. The second kappa shape index (κ2) is 7.01. The number of aryl methyl sites for hydroxylation is 3. The number of carbonyl (C=O) groups excluding carboxylic acids is 2. The zero-order valence-corrected chi connectivity index (χ0v) is 14.7. The highest BCUT2D eigenvalue weighted by molar-refractivity contribution is 6.00. The molecule has 5 heteroatoms. The molecule has 24 heavy (non-hydrogen) atoms. The largest absolute Gasteiger partial charge is 0.453 e. The molecule has 0 aliphatic carbocycles. The van der Waals surface area contributed by atoms with E-state index >= 15 is 0 Å². The van der Waals surface area contributed by atoms with Crippen LogP contribution in [0.5, 0.6) is 0 Å². The SMILES string of the molecule is Cc1ccc(C(=O)COC(=O)c2[nH]c(C)c([C@@H](C)O)c2C)c(C)c1. The average molecular weight is 329 g/mol. The fourth-order valence-corrected chi connectivity index (χ4v) is 3.00. The Balaban J connectivity index is 2.11. The maximum Gasteiger partial charge on any atom is 0.355 e. The van der Waals surface area contributed by atoms with Crippen molar-refractivity contribution in [1.29, 1.82) is 0 Å². The van der Waals surface area contributed by atoms with Gasteiger partial charge in [-0.3, -0.25) is 4.79 Å². The highest BCUT2D eigenvalue weighted by Gasteiger charge is 2.22. The third-order valence-electron chi connectivity index (χ3n) is 4.13. The van der Waals surface area contributed by atoms with Gasteiger partial charge >= 0.3 is 5.97 Å². The second-order valence-corrected chi connectivity index (χ2v) is 6.16. The first-order chi connectivity index (χ1) is 11.2. The lowest BCUT2D eigenvalue weighted by atomic mass is 10.0. The molecular formula is C19H23NO4. The molecule has 5 nitrogen and oxygen atoms in total. The number of hydrogen-bond donors (Lipinski definition) is 2. The molecule has 0 radical (unpaired) electrons. The topological polar surface area (TPSA) is 79.4 Å². The average Bonchev–Trinajstić information content (AvgIpc) is 2.79. The number of Topliss-reactive ketones (excluding diaryl/α,β-unsaturated/α-hetero) is 1. The van der Waals surface area contributed by atoms with Crippen molar-refractivity contribution in [3.8, 4) is 0 Å². The summed E-state index contributed by atoms with van der Waals surface area (Å²) in [6, 6.07) is 5.52. The fraction of sp³-hybridized carbons (Fsp3) is 0.368. The Bertz CT molecular complexity index is 787. The Hall–Kier alpha value is -2.40. The van der Waals surface area contributed by atoms with E-state index in [1.165, 1.54) is 0 Å². The fourth-order valence-electron chi connectivity index (χ4n) is 3.00. The molecule has 0 spiro atoms. The van der Waals surface area contributed by atoms with Crippen LogP contribution in [0.25, 0.3) is 0 Å². The van der Waals surface area contributed by atoms with Crippen LogP contribution in [0.4, 0.5) is 0 Å². The van der Waals surface area contributed by atoms with Gasteiger partial charge < -0.3 is 14.8 Å². The lowest BCUT2D eigenvalue weighted by Gasteiger charge is -2.08. The first-order valence-corrected chi connectivity index (χ1v) is 7.87. The Morgan fingerprint density at radius 2 is 1.88 bits per heavy atom. The lowest BCUT2D eigenvalue weighted by Crippen LogP contribution is -2.16. The third kappa shape index (κ3) is 3.57. The number of hydrogen-bond acceptors (Lipinski definition) is 4. The van der Waals surface area contributed by atoms with Gasteiger partial charge in [0.25, 0.3) is 0 Å². The number of rotatable bonds is 5. The molecule has 2 aromatic rings. The van der Waals surface area contributed by atoms with Crippen LogP contribution in [0.15, 0.2) is 18.2 Å². The van der Waals surface area contributed by atoms with Crippen LogP contribution in [-0.4, -0.2) is 28.4 Å². The molecule has 1 aromatic carbocycles. The quantitative estimate of drug-likeness (QED) is 0.651. The summed E-state index contributed by atoms with van der Waals surface area (Å²) >= 11 is 0. The summed E-state index contributed by atoms with van der Waals surface area (Å²) in [5.41, 5.74) is 4.81. The number of carbonyl (C=O) groups is 2. The zero-order valence-electron chi connectivity index (χ0n) is 14.7. The van der Waals surface area contributed by atoms with Crippen molar-refractivity contribution >= 4 is 11.8 Å². The summed E-state index contributed by atoms with van der Waals surface area (Å²) in [5, 5.41) is 9.77. The Kier molecular flexibility index (Phi) is 5.24. The predicted octanol–water partition coefficient (Wildman–Crippen LogP) is 3.34. The number of benzene rings is 1. The van der Waals surface area contributed by atoms with Gasteiger partial charge in [0.2, 0.25) is 5.78 Å². The number of H-pyrrole nitrogens is 1. The standard InChI is InChI=1S/C19H23NO4/c1-10-6-7-15(11(2)8-10)16(22)9-24-19(23)18-12(3)17(14(5)21)13(4)20-18/h6-8,14,20-21H,9H2,1-5H3/t14-/m1/s1. The molecule has 0 amide bonds. The molecule has 1 aromatic heterocycles. The van der Waals surface area contributed by atoms with E-state index in [9.17, 15) is 14.7 Å². The smallest absolute Gasteiger partial charge is 0.355 e. The summed E-state index contributed by atoms with van der Waals surface area (Å²) in [5.74, 6) is -0.835. The van der Waals surface area contributed by atoms with Gasteiger partial charge in [0.15, 0.2) is 6.61 Å². The minimum Gasteiger partial charge on any atom is -0.453 e. The van der Waals surface area contributed by atoms with E-state index in [4.69, 9.17) is 4.74 Å². The molecule has 0 fully saturated rings. The maximum absolute atomic E-state index is 12.3. The van der Waals surface area contributed by atoms with Crippen molar-refractivity contribution in [2.24, 2.45) is 0 Å². The van der Waals surface area contributed by atoms with Gasteiger partial charge in [0, 0.05) is 16.8 Å². The van der Waals surface area contributed by atoms with Gasteiger partial charge in [-0.25, -0.2) is 4.79 Å². The minimum atomic E-state index is -0.681. The van der Waals surface area contributed by atoms with Gasteiger partial charge in [-0.2, -0.15) is 0 Å². The highest BCUT2D eigenvalue weighted by atomic mass is 16.5. The first kappa shape index (κ1) is 17.9. The van der Waals surface area contributed by atoms with Crippen LogP contribution in [0.2, 0.25) is 0 Å². The summed E-state index contributed by atoms with van der Waals surface area (Å²) in [6.07, 6.45) is -0.681. The van der Waals surface area contributed by atoms with Gasteiger partial charge in [-0.15, -0.1) is 0 Å². The Labute approximate surface area is 141 Å². The van der Waals surface area contributed by atoms with Gasteiger partial charge in [0.1, 0.15) is 5.69 Å².